The van der Waals surface area contributed by atoms with Crippen molar-refractivity contribution < 1.29 is 26.9 Å². The van der Waals surface area contributed by atoms with Crippen molar-refractivity contribution in [1.82, 2.24) is 4.98 Å². The van der Waals surface area contributed by atoms with Gasteiger partial charge in [-0.3, -0.25) is 0 Å². The molecular formula is C7H11ClN2O2. The number of hydrogen-bond acceptors (Lipinski definition) is 1. The Labute approximate surface area is 76.6 Å². The Kier molecular flexibility index (Phi) is 4.36. The molecule has 12 heavy (non-hydrogen) atoms. The van der Waals surface area contributed by atoms with Gasteiger partial charge >= 0.3 is 5.97 Å². The molecule has 1 aromatic rings. The van der Waals surface area contributed by atoms with Gasteiger partial charge in [-0.05, 0) is 0 Å². The molecule has 0 bridgehead atoms. The smallest absolute Gasteiger partial charge is 0.346 e. The number of nitrogens with one attached hydrogen (secondary N) is 1. The number of hydrogen-bond donors (Lipinski definition) is 2. The molecule has 0 radical (unpaired) electrons. The Bertz CT molecular complexity index is 260. The molecule has 0 aliphatic rings. The molecule has 0 unspecified atom stereocenters. The first kappa shape index (κ1) is 11.0. The van der Waals surface area contributed by atoms with Crippen LogP contribution in [0.5, 0.6) is 0 Å². The summed E-state index contributed by atoms with van der Waals surface area (Å²) in [7, 11) is 0. The number of aryl methyl sites for hydroxylation is 1. The van der Waals surface area contributed by atoms with Gasteiger partial charge in [-0.25, -0.2) is 14.3 Å². The van der Waals surface area contributed by atoms with Crippen molar-refractivity contribution >= 4 is 5.97 Å². The minimum Gasteiger partial charge on any atom is -1.00 e. The standard InChI is InChI=1S/C7H10N2O2.ClH/c1-2-6-3-8-5-9(6)4-7(10)11;/h3,5H,2,4H2,1H3,(H,10,11);1H. The molecule has 1 rings (SSSR count). The number of nitrogens with zero attached hydrogens (tertiary/aromatic N) is 1. The molecule has 0 aliphatic carbocycles. The van der Waals surface area contributed by atoms with Gasteiger partial charge < -0.3 is 17.5 Å². The highest BCUT2D eigenvalue weighted by Gasteiger charge is 2.09. The van der Waals surface area contributed by atoms with Gasteiger partial charge in [0.05, 0.1) is 0 Å². The van der Waals surface area contributed by atoms with Gasteiger partial charge in [0.1, 0.15) is 11.9 Å². The predicted octanol–water partition coefficient (Wildman–Crippen LogP) is -3.05. The highest BCUT2D eigenvalue weighted by molar-refractivity contribution is 5.64. The summed E-state index contributed by atoms with van der Waals surface area (Å²) in [4.78, 5) is 13.2. The summed E-state index contributed by atoms with van der Waals surface area (Å²) < 4.78 is 1.68. The van der Waals surface area contributed by atoms with Crippen molar-refractivity contribution in [3.05, 3.63) is 18.2 Å². The minimum atomic E-state index is -0.815. The lowest BCUT2D eigenvalue weighted by Gasteiger charge is -1.93. The van der Waals surface area contributed by atoms with Crippen LogP contribution < -0.4 is 17.0 Å². The van der Waals surface area contributed by atoms with Crippen molar-refractivity contribution in [3.63, 3.8) is 0 Å². The van der Waals surface area contributed by atoms with E-state index in [-0.39, 0.29) is 19.0 Å². The van der Waals surface area contributed by atoms with Crippen LogP contribution in [0.15, 0.2) is 12.5 Å². The number of rotatable bonds is 3. The molecule has 0 saturated carbocycles. The second kappa shape index (κ2) is 4.77. The average Bonchev–Trinajstić information content (AvgIpc) is 2.34. The Morgan fingerprint density at radius 2 is 2.42 bits per heavy atom. The van der Waals surface area contributed by atoms with E-state index in [0.717, 1.165) is 12.1 Å². The van der Waals surface area contributed by atoms with E-state index in [1.165, 1.54) is 0 Å². The molecule has 0 saturated heterocycles. The SMILES string of the molecule is CCc1c[nH]c[n+]1CC(=O)O.[Cl-]. The maximum atomic E-state index is 10.3. The number of aromatic amines is 1. The first-order valence-corrected chi connectivity index (χ1v) is 3.51. The van der Waals surface area contributed by atoms with Crippen LogP contribution in [-0.4, -0.2) is 16.1 Å². The van der Waals surface area contributed by atoms with Crippen molar-refractivity contribution in [2.75, 3.05) is 0 Å². The Balaban J connectivity index is 0.00000121. The summed E-state index contributed by atoms with van der Waals surface area (Å²) in [6.07, 6.45) is 4.31. The summed E-state index contributed by atoms with van der Waals surface area (Å²) in [5, 5.41) is 8.47. The molecular weight excluding hydrogens is 180 g/mol. The lowest BCUT2D eigenvalue weighted by atomic mass is 10.3. The fraction of sp³-hybridized carbons (Fsp3) is 0.429. The highest BCUT2D eigenvalue weighted by Crippen LogP contribution is 1.88. The molecule has 68 valence electrons. The van der Waals surface area contributed by atoms with E-state index in [1.54, 1.807) is 10.9 Å². The van der Waals surface area contributed by atoms with Crippen LogP contribution in [-0.2, 0) is 17.8 Å². The molecule has 4 nitrogen and oxygen atoms in total. The lowest BCUT2D eigenvalue weighted by molar-refractivity contribution is -0.691. The van der Waals surface area contributed by atoms with Gasteiger partial charge in [-0.1, -0.05) is 6.92 Å². The molecule has 1 aromatic heterocycles. The average molecular weight is 191 g/mol. The monoisotopic (exact) mass is 190 g/mol. The quantitative estimate of drug-likeness (QED) is 0.498. The van der Waals surface area contributed by atoms with E-state index in [4.69, 9.17) is 5.11 Å². The summed E-state index contributed by atoms with van der Waals surface area (Å²) >= 11 is 0. The van der Waals surface area contributed by atoms with Gasteiger partial charge in [0.15, 0.2) is 6.54 Å². The number of imidazole rings is 1. The molecule has 0 aliphatic heterocycles. The molecule has 0 amide bonds. The Hall–Kier alpha value is -1.03. The van der Waals surface area contributed by atoms with E-state index in [0.29, 0.717) is 0 Å². The number of halogens is 1. The van der Waals surface area contributed by atoms with Crippen LogP contribution in [0.1, 0.15) is 12.6 Å². The van der Waals surface area contributed by atoms with E-state index in [2.05, 4.69) is 4.98 Å². The van der Waals surface area contributed by atoms with Gasteiger partial charge in [0.2, 0.25) is 6.33 Å². The van der Waals surface area contributed by atoms with E-state index in [1.807, 2.05) is 13.1 Å². The van der Waals surface area contributed by atoms with Crippen molar-refractivity contribution in [1.29, 1.82) is 0 Å². The molecule has 0 spiro atoms. The first-order chi connectivity index (χ1) is 5.24. The van der Waals surface area contributed by atoms with Crippen molar-refractivity contribution in [2.45, 2.75) is 19.9 Å². The zero-order valence-electron chi connectivity index (χ0n) is 6.75. The predicted molar refractivity (Wildman–Crippen MR) is 38.0 cm³/mol. The summed E-state index contributed by atoms with van der Waals surface area (Å²) in [6, 6.07) is 0. The second-order valence-electron chi connectivity index (χ2n) is 2.31. The number of carboxylic acid groups (broad SMARTS) is 1. The zero-order chi connectivity index (χ0) is 8.27. The largest absolute Gasteiger partial charge is 1.00 e. The second-order valence-corrected chi connectivity index (χ2v) is 2.31. The molecule has 0 aromatic carbocycles. The summed E-state index contributed by atoms with van der Waals surface area (Å²) in [6.45, 7) is 2.02. The van der Waals surface area contributed by atoms with Crippen LogP contribution in [0.4, 0.5) is 0 Å². The van der Waals surface area contributed by atoms with Gasteiger partial charge in [-0.15, -0.1) is 0 Å². The van der Waals surface area contributed by atoms with E-state index < -0.39 is 5.97 Å². The molecule has 5 heteroatoms. The molecule has 1 heterocycles. The maximum absolute atomic E-state index is 10.3. The minimum absolute atomic E-state index is 0. The third kappa shape index (κ3) is 2.54. The highest BCUT2D eigenvalue weighted by atomic mass is 35.5. The third-order valence-corrected chi connectivity index (χ3v) is 1.52. The van der Waals surface area contributed by atoms with Crippen LogP contribution in [0.3, 0.4) is 0 Å². The van der Waals surface area contributed by atoms with Crippen molar-refractivity contribution in [2.24, 2.45) is 0 Å². The number of carboxylic acids is 1. The number of aromatic nitrogens is 2. The normalized spacial score (nSPS) is 9.08. The van der Waals surface area contributed by atoms with Crippen LogP contribution in [0.2, 0.25) is 0 Å². The zero-order valence-corrected chi connectivity index (χ0v) is 7.51. The van der Waals surface area contributed by atoms with Gasteiger partial charge in [-0.2, -0.15) is 0 Å². The summed E-state index contributed by atoms with van der Waals surface area (Å²) in [5.74, 6) is -0.815. The van der Waals surface area contributed by atoms with E-state index in [9.17, 15) is 4.79 Å². The third-order valence-electron chi connectivity index (χ3n) is 1.52. The maximum Gasteiger partial charge on any atom is 0.346 e. The lowest BCUT2D eigenvalue weighted by Crippen LogP contribution is -3.00. The topological polar surface area (TPSA) is 57.0 Å². The molecule has 0 atom stereocenters. The fourth-order valence-corrected chi connectivity index (χ4v) is 0.987. The van der Waals surface area contributed by atoms with E-state index >= 15 is 0 Å². The van der Waals surface area contributed by atoms with Gasteiger partial charge in [0, 0.05) is 6.42 Å². The number of H-pyrrole nitrogens is 1. The molecule has 0 fully saturated rings. The van der Waals surface area contributed by atoms with Crippen LogP contribution in [0, 0.1) is 0 Å². The first-order valence-electron chi connectivity index (χ1n) is 3.51. The van der Waals surface area contributed by atoms with Crippen LogP contribution >= 0.6 is 0 Å². The van der Waals surface area contributed by atoms with Crippen LogP contribution in [0.25, 0.3) is 0 Å². The molecule has 2 N–H and O–H groups in total. The Morgan fingerprint density at radius 3 is 2.92 bits per heavy atom. The number of carbonyl (C=O) groups is 1. The van der Waals surface area contributed by atoms with Gasteiger partial charge in [0.25, 0.3) is 0 Å². The number of aliphatic carboxylic acids is 1. The fourth-order valence-electron chi connectivity index (χ4n) is 0.987. The Morgan fingerprint density at radius 1 is 1.75 bits per heavy atom. The summed E-state index contributed by atoms with van der Waals surface area (Å²) in [5.41, 5.74) is 1.01. The van der Waals surface area contributed by atoms with Crippen molar-refractivity contribution in [3.8, 4) is 0 Å².